The summed E-state index contributed by atoms with van der Waals surface area (Å²) >= 11 is 0. The Morgan fingerprint density at radius 2 is 1.71 bits per heavy atom. The molecule has 0 amide bonds. The van der Waals surface area contributed by atoms with Gasteiger partial charge in [-0.1, -0.05) is 48.5 Å². The highest BCUT2D eigenvalue weighted by atomic mass is 16.3. The molecule has 0 saturated heterocycles. The van der Waals surface area contributed by atoms with E-state index in [0.29, 0.717) is 6.42 Å². The van der Waals surface area contributed by atoms with Crippen LogP contribution in [0.15, 0.2) is 61.1 Å². The van der Waals surface area contributed by atoms with Crippen LogP contribution >= 0.6 is 0 Å². The molecule has 1 unspecified atom stereocenters. The molecule has 0 fully saturated rings. The number of nitrogens with zero attached hydrogens (tertiary/aromatic N) is 2. The molecule has 1 aromatic heterocycles. The Hall–Kier alpha value is -2.39. The van der Waals surface area contributed by atoms with Crippen molar-refractivity contribution in [3.63, 3.8) is 0 Å². The third-order valence-corrected chi connectivity index (χ3v) is 4.59. The van der Waals surface area contributed by atoms with Gasteiger partial charge in [-0.15, -0.1) is 0 Å². The third-order valence-electron chi connectivity index (χ3n) is 4.59. The predicted molar refractivity (Wildman–Crippen MR) is 97.0 cm³/mol. The molecular formula is C21H24N2O. The molecule has 1 N–H and O–H groups in total. The van der Waals surface area contributed by atoms with Gasteiger partial charge in [0.25, 0.3) is 0 Å². The van der Waals surface area contributed by atoms with Crippen LogP contribution in [-0.2, 0) is 13.0 Å². The number of benzene rings is 2. The van der Waals surface area contributed by atoms with Crippen molar-refractivity contribution in [2.75, 3.05) is 0 Å². The molecule has 0 bridgehead atoms. The van der Waals surface area contributed by atoms with E-state index in [0.717, 1.165) is 18.7 Å². The van der Waals surface area contributed by atoms with Crippen LogP contribution in [-0.4, -0.2) is 14.7 Å². The first-order chi connectivity index (χ1) is 11.6. The number of hydrogen-bond donors (Lipinski definition) is 1. The fourth-order valence-electron chi connectivity index (χ4n) is 3.19. The van der Waals surface area contributed by atoms with E-state index in [-0.39, 0.29) is 0 Å². The largest absolute Gasteiger partial charge is 0.387 e. The lowest BCUT2D eigenvalue weighted by atomic mass is 9.96. The molecule has 3 heteroatoms. The topological polar surface area (TPSA) is 38.1 Å². The summed E-state index contributed by atoms with van der Waals surface area (Å²) in [5, 5.41) is 10.7. The van der Waals surface area contributed by atoms with Gasteiger partial charge in [0.15, 0.2) is 0 Å². The monoisotopic (exact) mass is 320 g/mol. The lowest BCUT2D eigenvalue weighted by molar-refractivity contribution is 0.159. The summed E-state index contributed by atoms with van der Waals surface area (Å²) in [4.78, 5) is 4.23. The second-order valence-electron chi connectivity index (χ2n) is 6.36. The standard InChI is InChI=1S/C21H24N2O/c1-16-7-6-8-17(2)19(16)11-12-21(24)20-13-22-15-23(20)14-18-9-4-3-5-10-18/h3-10,13,15,21,24H,11-12,14H2,1-2H3. The highest BCUT2D eigenvalue weighted by Gasteiger charge is 2.14. The van der Waals surface area contributed by atoms with Crippen molar-refractivity contribution in [2.24, 2.45) is 0 Å². The number of hydrogen-bond acceptors (Lipinski definition) is 2. The molecule has 0 saturated carbocycles. The number of aliphatic hydroxyl groups excluding tert-OH is 1. The van der Waals surface area contributed by atoms with Crippen LogP contribution in [0, 0.1) is 13.8 Å². The number of rotatable bonds is 6. The Balaban J connectivity index is 1.70. The minimum absolute atomic E-state index is 0.504. The van der Waals surface area contributed by atoms with Crippen molar-refractivity contribution in [3.8, 4) is 0 Å². The lowest BCUT2D eigenvalue weighted by Gasteiger charge is -2.16. The SMILES string of the molecule is Cc1cccc(C)c1CCC(O)c1cncn1Cc1ccccc1. The average molecular weight is 320 g/mol. The highest BCUT2D eigenvalue weighted by molar-refractivity contribution is 5.33. The first-order valence-corrected chi connectivity index (χ1v) is 8.42. The fraction of sp³-hybridized carbons (Fsp3) is 0.286. The predicted octanol–water partition coefficient (Wildman–Crippen LogP) is 4.21. The van der Waals surface area contributed by atoms with Crippen LogP contribution in [0.4, 0.5) is 0 Å². The minimum atomic E-state index is -0.504. The summed E-state index contributed by atoms with van der Waals surface area (Å²) in [7, 11) is 0. The van der Waals surface area contributed by atoms with Gasteiger partial charge < -0.3 is 9.67 Å². The summed E-state index contributed by atoms with van der Waals surface area (Å²) in [5.41, 5.74) is 6.01. The molecule has 0 radical (unpaired) electrons. The Morgan fingerprint density at radius 3 is 2.42 bits per heavy atom. The van der Waals surface area contributed by atoms with Crippen LogP contribution in [0.1, 0.15) is 40.5 Å². The molecule has 1 atom stereocenters. The van der Waals surface area contributed by atoms with E-state index in [4.69, 9.17) is 0 Å². The van der Waals surface area contributed by atoms with E-state index in [1.807, 2.05) is 22.8 Å². The van der Waals surface area contributed by atoms with Crippen LogP contribution in [0.3, 0.4) is 0 Å². The average Bonchev–Trinajstić information content (AvgIpc) is 3.03. The molecule has 2 aromatic carbocycles. The Bertz CT molecular complexity index is 772. The number of aliphatic hydroxyl groups is 1. The van der Waals surface area contributed by atoms with Crippen LogP contribution in [0.25, 0.3) is 0 Å². The second kappa shape index (κ2) is 7.45. The van der Waals surface area contributed by atoms with Crippen LogP contribution in [0.5, 0.6) is 0 Å². The first kappa shape index (κ1) is 16.5. The summed E-state index contributed by atoms with van der Waals surface area (Å²) in [5.74, 6) is 0. The first-order valence-electron chi connectivity index (χ1n) is 8.42. The van der Waals surface area contributed by atoms with Gasteiger partial charge in [-0.2, -0.15) is 0 Å². The highest BCUT2D eigenvalue weighted by Crippen LogP contribution is 2.22. The molecule has 1 heterocycles. The molecule has 3 nitrogen and oxygen atoms in total. The van der Waals surface area contributed by atoms with Crippen LogP contribution < -0.4 is 0 Å². The van der Waals surface area contributed by atoms with E-state index >= 15 is 0 Å². The summed E-state index contributed by atoms with van der Waals surface area (Å²) in [6.07, 6.45) is 4.64. The summed E-state index contributed by atoms with van der Waals surface area (Å²) in [6, 6.07) is 16.6. The molecule has 0 aliphatic heterocycles. The molecule has 0 spiro atoms. The molecule has 3 rings (SSSR count). The quantitative estimate of drug-likeness (QED) is 0.738. The third kappa shape index (κ3) is 3.74. The van der Waals surface area contributed by atoms with Crippen molar-refractivity contribution in [3.05, 3.63) is 89.0 Å². The molecular weight excluding hydrogens is 296 g/mol. The maximum atomic E-state index is 10.7. The van der Waals surface area contributed by atoms with Gasteiger partial charge in [-0.3, -0.25) is 0 Å². The number of aromatic nitrogens is 2. The zero-order valence-corrected chi connectivity index (χ0v) is 14.3. The van der Waals surface area contributed by atoms with Gasteiger partial charge in [0.2, 0.25) is 0 Å². The molecule has 0 aliphatic carbocycles. The van der Waals surface area contributed by atoms with E-state index < -0.39 is 6.10 Å². The van der Waals surface area contributed by atoms with Gasteiger partial charge in [0, 0.05) is 6.54 Å². The van der Waals surface area contributed by atoms with Crippen molar-refractivity contribution in [1.29, 1.82) is 0 Å². The Morgan fingerprint density at radius 1 is 1.00 bits per heavy atom. The van der Waals surface area contributed by atoms with Crippen LogP contribution in [0.2, 0.25) is 0 Å². The van der Waals surface area contributed by atoms with Gasteiger partial charge in [0.05, 0.1) is 24.3 Å². The van der Waals surface area contributed by atoms with Crippen molar-refractivity contribution < 1.29 is 5.11 Å². The van der Waals surface area contributed by atoms with Crippen molar-refractivity contribution in [1.82, 2.24) is 9.55 Å². The zero-order chi connectivity index (χ0) is 16.9. The van der Waals surface area contributed by atoms with E-state index in [1.165, 1.54) is 22.3 Å². The van der Waals surface area contributed by atoms with E-state index in [1.54, 1.807) is 12.5 Å². The lowest BCUT2D eigenvalue weighted by Crippen LogP contribution is -2.09. The summed E-state index contributed by atoms with van der Waals surface area (Å²) in [6.45, 7) is 5.00. The summed E-state index contributed by atoms with van der Waals surface area (Å²) < 4.78 is 2.03. The van der Waals surface area contributed by atoms with E-state index in [9.17, 15) is 5.11 Å². The maximum absolute atomic E-state index is 10.7. The van der Waals surface area contributed by atoms with Crippen molar-refractivity contribution >= 4 is 0 Å². The molecule has 124 valence electrons. The fourth-order valence-corrected chi connectivity index (χ4v) is 3.19. The van der Waals surface area contributed by atoms with E-state index in [2.05, 4.69) is 49.2 Å². The maximum Gasteiger partial charge on any atom is 0.0959 e. The van der Waals surface area contributed by atoms with Gasteiger partial charge in [0.1, 0.15) is 0 Å². The number of imidazole rings is 1. The smallest absolute Gasteiger partial charge is 0.0959 e. The zero-order valence-electron chi connectivity index (χ0n) is 14.3. The molecule has 24 heavy (non-hydrogen) atoms. The van der Waals surface area contributed by atoms with Gasteiger partial charge in [-0.05, 0) is 48.9 Å². The Kier molecular flexibility index (Phi) is 5.11. The number of aryl methyl sites for hydroxylation is 2. The molecule has 0 aliphatic rings. The van der Waals surface area contributed by atoms with Gasteiger partial charge in [-0.25, -0.2) is 4.98 Å². The normalized spacial score (nSPS) is 12.3. The second-order valence-corrected chi connectivity index (χ2v) is 6.36. The minimum Gasteiger partial charge on any atom is -0.387 e. The van der Waals surface area contributed by atoms with Crippen molar-refractivity contribution in [2.45, 2.75) is 39.3 Å². The molecule has 3 aromatic rings. The Labute approximate surface area is 143 Å². The van der Waals surface area contributed by atoms with Gasteiger partial charge >= 0.3 is 0 Å².